The van der Waals surface area contributed by atoms with Gasteiger partial charge in [-0.25, -0.2) is 18.7 Å². The number of nitrogens with zero attached hydrogens (tertiary/aromatic N) is 3. The van der Waals surface area contributed by atoms with Gasteiger partial charge in [-0.2, -0.15) is 0 Å². The Hall–Kier alpha value is -2.70. The minimum atomic E-state index is -0.269. The van der Waals surface area contributed by atoms with Crippen molar-refractivity contribution in [2.75, 3.05) is 13.1 Å². The summed E-state index contributed by atoms with van der Waals surface area (Å²) in [5, 5.41) is 1.01. The van der Waals surface area contributed by atoms with Gasteiger partial charge in [-0.1, -0.05) is 17.7 Å². The molecule has 154 valence electrons. The van der Waals surface area contributed by atoms with Gasteiger partial charge in [-0.15, -0.1) is 6.58 Å². The summed E-state index contributed by atoms with van der Waals surface area (Å²) in [4.78, 5) is 9.35. The minimum Gasteiger partial charge on any atom is -0.404 e. The van der Waals surface area contributed by atoms with Gasteiger partial charge in [-0.3, -0.25) is 0 Å². The molecular formula is C24H25FN4S. The first-order chi connectivity index (χ1) is 14.5. The molecule has 4 nitrogen and oxygen atoms in total. The van der Waals surface area contributed by atoms with Crippen molar-refractivity contribution in [1.82, 2.24) is 9.29 Å². The van der Waals surface area contributed by atoms with Crippen LogP contribution in [0.1, 0.15) is 18.5 Å². The summed E-state index contributed by atoms with van der Waals surface area (Å²) in [5.74, 6) is -0.269. The second-order valence-electron chi connectivity index (χ2n) is 7.69. The standard InChI is InChI=1S/C24H25FN4S/c1-3-24-14-18(15-26)22(28-21-9-7-20(25)8-10-21)13-19(24)11-12-29(16-24)30-23-6-4-5-17(2)27-23/h3-10,13,15H,1,11-12,14,16,26H2,2H3. The Morgan fingerprint density at radius 2 is 2.07 bits per heavy atom. The van der Waals surface area contributed by atoms with Crippen LogP contribution in [-0.2, 0) is 0 Å². The second kappa shape index (κ2) is 8.58. The third-order valence-electron chi connectivity index (χ3n) is 5.63. The van der Waals surface area contributed by atoms with E-state index in [-0.39, 0.29) is 11.2 Å². The number of fused-ring (bicyclic) bond motifs is 1. The summed E-state index contributed by atoms with van der Waals surface area (Å²) in [6.07, 6.45) is 7.49. The maximum atomic E-state index is 13.2. The van der Waals surface area contributed by atoms with E-state index >= 15 is 0 Å². The van der Waals surface area contributed by atoms with Gasteiger partial charge in [-0.05, 0) is 86.0 Å². The topological polar surface area (TPSA) is 54.5 Å². The molecule has 2 aromatic rings. The molecule has 0 saturated carbocycles. The third-order valence-corrected chi connectivity index (χ3v) is 6.61. The Balaban J connectivity index is 1.61. The monoisotopic (exact) mass is 420 g/mol. The van der Waals surface area contributed by atoms with Crippen LogP contribution in [-0.4, -0.2) is 28.1 Å². The molecule has 1 aliphatic carbocycles. The Bertz CT molecular complexity index is 1040. The van der Waals surface area contributed by atoms with E-state index in [1.807, 2.05) is 31.2 Å². The molecule has 1 aromatic heterocycles. The van der Waals surface area contributed by atoms with Crippen molar-refractivity contribution in [1.29, 1.82) is 0 Å². The zero-order valence-corrected chi connectivity index (χ0v) is 17.8. The maximum absolute atomic E-state index is 13.2. The quantitative estimate of drug-likeness (QED) is 0.534. The number of allylic oxidation sites excluding steroid dienone is 2. The number of pyridine rings is 1. The predicted molar refractivity (Wildman–Crippen MR) is 122 cm³/mol. The van der Waals surface area contributed by atoms with Crippen molar-refractivity contribution in [3.8, 4) is 0 Å². The number of rotatable bonds is 4. The molecule has 1 fully saturated rings. The lowest BCUT2D eigenvalue weighted by atomic mass is 9.67. The van der Waals surface area contributed by atoms with Crippen LogP contribution in [0.15, 0.2) is 88.6 Å². The van der Waals surface area contributed by atoms with Crippen molar-refractivity contribution in [2.24, 2.45) is 16.1 Å². The normalized spacial score (nSPS) is 24.5. The van der Waals surface area contributed by atoms with Gasteiger partial charge in [0.25, 0.3) is 0 Å². The van der Waals surface area contributed by atoms with Crippen LogP contribution in [0, 0.1) is 18.2 Å². The zero-order chi connectivity index (χ0) is 21.1. The van der Waals surface area contributed by atoms with Gasteiger partial charge in [0.15, 0.2) is 0 Å². The molecule has 1 aromatic carbocycles. The first-order valence-corrected chi connectivity index (χ1v) is 10.8. The fourth-order valence-electron chi connectivity index (χ4n) is 4.01. The van der Waals surface area contributed by atoms with Gasteiger partial charge < -0.3 is 5.73 Å². The lowest BCUT2D eigenvalue weighted by Gasteiger charge is -2.45. The molecule has 2 aliphatic rings. The number of nitrogens with two attached hydrogens (primary N) is 1. The highest BCUT2D eigenvalue weighted by Gasteiger charge is 2.41. The molecule has 30 heavy (non-hydrogen) atoms. The first-order valence-electron chi connectivity index (χ1n) is 9.98. The SMILES string of the molecule is C=CC12CC(=CN)C(=Nc3ccc(F)cc3)C=C1CCN(Sc1cccc(C)n1)C2. The number of aryl methyl sites for hydroxylation is 1. The number of aromatic nitrogens is 1. The molecule has 1 saturated heterocycles. The first kappa shape index (κ1) is 20.6. The lowest BCUT2D eigenvalue weighted by molar-refractivity contribution is 0.278. The second-order valence-corrected chi connectivity index (χ2v) is 8.81. The van der Waals surface area contributed by atoms with E-state index in [2.05, 4.69) is 21.9 Å². The summed E-state index contributed by atoms with van der Waals surface area (Å²) in [6, 6.07) is 12.3. The van der Waals surface area contributed by atoms with Gasteiger partial charge in [0.05, 0.1) is 11.4 Å². The molecule has 0 amide bonds. The minimum absolute atomic E-state index is 0.178. The smallest absolute Gasteiger partial charge is 0.123 e. The van der Waals surface area contributed by atoms with Crippen LogP contribution >= 0.6 is 11.9 Å². The number of benzene rings is 1. The largest absolute Gasteiger partial charge is 0.404 e. The van der Waals surface area contributed by atoms with E-state index in [0.29, 0.717) is 5.69 Å². The van der Waals surface area contributed by atoms with E-state index in [1.54, 1.807) is 30.3 Å². The summed E-state index contributed by atoms with van der Waals surface area (Å²) in [5.41, 5.74) is 10.7. The van der Waals surface area contributed by atoms with Crippen molar-refractivity contribution < 1.29 is 4.39 Å². The molecule has 6 heteroatoms. The van der Waals surface area contributed by atoms with Gasteiger partial charge in [0, 0.05) is 24.2 Å². The molecule has 1 aliphatic heterocycles. The molecule has 1 atom stereocenters. The zero-order valence-electron chi connectivity index (χ0n) is 17.0. The van der Waals surface area contributed by atoms with Crippen molar-refractivity contribution in [3.05, 3.63) is 90.1 Å². The Labute approximate surface area is 181 Å². The molecule has 2 heterocycles. The van der Waals surface area contributed by atoms with E-state index in [0.717, 1.165) is 47.9 Å². The molecule has 2 N–H and O–H groups in total. The van der Waals surface area contributed by atoms with Crippen LogP contribution in [0.3, 0.4) is 0 Å². The summed E-state index contributed by atoms with van der Waals surface area (Å²) in [7, 11) is 0. The van der Waals surface area contributed by atoms with Crippen molar-refractivity contribution in [3.63, 3.8) is 0 Å². The van der Waals surface area contributed by atoms with Crippen LogP contribution in [0.5, 0.6) is 0 Å². The van der Waals surface area contributed by atoms with Crippen LogP contribution < -0.4 is 5.73 Å². The van der Waals surface area contributed by atoms with Crippen LogP contribution in [0.2, 0.25) is 0 Å². The average Bonchev–Trinajstić information content (AvgIpc) is 2.75. The van der Waals surface area contributed by atoms with E-state index < -0.39 is 0 Å². The molecule has 1 unspecified atom stereocenters. The van der Waals surface area contributed by atoms with E-state index in [4.69, 9.17) is 10.7 Å². The van der Waals surface area contributed by atoms with Gasteiger partial charge >= 0.3 is 0 Å². The number of hydrogen-bond acceptors (Lipinski definition) is 5. The molecule has 0 spiro atoms. The van der Waals surface area contributed by atoms with Crippen LogP contribution in [0.4, 0.5) is 10.1 Å². The van der Waals surface area contributed by atoms with E-state index in [1.165, 1.54) is 17.7 Å². The number of halogens is 1. The number of piperidine rings is 1. The average molecular weight is 421 g/mol. The maximum Gasteiger partial charge on any atom is 0.123 e. The van der Waals surface area contributed by atoms with Crippen molar-refractivity contribution in [2.45, 2.75) is 24.8 Å². The predicted octanol–water partition coefficient (Wildman–Crippen LogP) is 5.36. The number of hydrogen-bond donors (Lipinski definition) is 1. The third kappa shape index (κ3) is 4.25. The highest BCUT2D eigenvalue weighted by atomic mass is 32.2. The Morgan fingerprint density at radius 1 is 1.27 bits per heavy atom. The molecule has 0 radical (unpaired) electrons. The summed E-state index contributed by atoms with van der Waals surface area (Å²) in [6.45, 7) is 7.93. The molecule has 4 rings (SSSR count). The fraction of sp³-hybridized carbons (Fsp3) is 0.250. The van der Waals surface area contributed by atoms with Gasteiger partial charge in [0.1, 0.15) is 10.8 Å². The lowest BCUT2D eigenvalue weighted by Crippen LogP contribution is -2.43. The highest BCUT2D eigenvalue weighted by molar-refractivity contribution is 7.97. The fourth-order valence-corrected chi connectivity index (χ4v) is 5.08. The van der Waals surface area contributed by atoms with Crippen LogP contribution in [0.25, 0.3) is 0 Å². The summed E-state index contributed by atoms with van der Waals surface area (Å²) < 4.78 is 15.6. The van der Waals surface area contributed by atoms with Crippen molar-refractivity contribution >= 4 is 23.3 Å². The van der Waals surface area contributed by atoms with E-state index in [9.17, 15) is 4.39 Å². The van der Waals surface area contributed by atoms with Gasteiger partial charge in [0.2, 0.25) is 0 Å². The summed E-state index contributed by atoms with van der Waals surface area (Å²) >= 11 is 1.69. The molecule has 0 bridgehead atoms. The Kier molecular flexibility index (Phi) is 5.88. The highest BCUT2D eigenvalue weighted by Crippen LogP contribution is 2.47. The molecular weight excluding hydrogens is 395 g/mol. The Morgan fingerprint density at radius 3 is 2.77 bits per heavy atom. The number of aliphatic imine (C=N–C) groups is 1.